The van der Waals surface area contributed by atoms with Crippen molar-refractivity contribution < 1.29 is 27.6 Å². The molecule has 5 nitrogen and oxygen atoms in total. The fourth-order valence-electron chi connectivity index (χ4n) is 1.48. The number of benzene rings is 1. The number of halogens is 3. The third kappa shape index (κ3) is 3.37. The van der Waals surface area contributed by atoms with E-state index in [0.29, 0.717) is 23.3 Å². The van der Waals surface area contributed by atoms with Gasteiger partial charge in [0.2, 0.25) is 5.75 Å². The van der Waals surface area contributed by atoms with Crippen LogP contribution in [0.25, 0.3) is 0 Å². The molecule has 0 aliphatic heterocycles. The molecule has 21 heavy (non-hydrogen) atoms. The molecule has 110 valence electrons. The number of hydrogen-bond donors (Lipinski definition) is 0. The molecule has 1 aromatic carbocycles. The Balaban J connectivity index is 2.39. The Morgan fingerprint density at radius 2 is 1.95 bits per heavy atom. The quantitative estimate of drug-likeness (QED) is 0.479. The Labute approximate surface area is 119 Å². The van der Waals surface area contributed by atoms with Crippen LogP contribution in [0.3, 0.4) is 0 Å². The van der Waals surface area contributed by atoms with Crippen LogP contribution >= 0.6 is 11.3 Å². The van der Waals surface area contributed by atoms with Crippen molar-refractivity contribution in [1.82, 2.24) is 0 Å². The predicted molar refractivity (Wildman–Crippen MR) is 67.9 cm³/mol. The van der Waals surface area contributed by atoms with Crippen molar-refractivity contribution >= 4 is 23.3 Å². The van der Waals surface area contributed by atoms with E-state index in [1.807, 2.05) is 0 Å². The second kappa shape index (κ2) is 5.52. The third-order valence-corrected chi connectivity index (χ3v) is 3.30. The van der Waals surface area contributed by atoms with E-state index in [9.17, 15) is 28.1 Å². The number of rotatable bonds is 4. The Bertz CT molecular complexity index is 696. The van der Waals surface area contributed by atoms with Crippen molar-refractivity contribution in [2.24, 2.45) is 0 Å². The van der Waals surface area contributed by atoms with Gasteiger partial charge >= 0.3 is 11.9 Å². The molecule has 0 saturated heterocycles. The average Bonchev–Trinajstić information content (AvgIpc) is 2.85. The van der Waals surface area contributed by atoms with Crippen molar-refractivity contribution in [2.45, 2.75) is 6.18 Å². The summed E-state index contributed by atoms with van der Waals surface area (Å²) in [5.74, 6) is -0.327. The first-order chi connectivity index (χ1) is 9.81. The Kier molecular flexibility index (Phi) is 3.94. The molecule has 9 heteroatoms. The van der Waals surface area contributed by atoms with Crippen LogP contribution in [0.15, 0.2) is 30.3 Å². The number of nitro benzene ring substituents is 1. The zero-order chi connectivity index (χ0) is 15.6. The van der Waals surface area contributed by atoms with E-state index < -0.39 is 22.4 Å². The molecule has 2 rings (SSSR count). The van der Waals surface area contributed by atoms with Crippen LogP contribution in [0.4, 0.5) is 18.9 Å². The summed E-state index contributed by atoms with van der Waals surface area (Å²) >= 11 is 0.923. The minimum atomic E-state index is -4.68. The van der Waals surface area contributed by atoms with Crippen LogP contribution in [0, 0.1) is 10.1 Å². The smallest absolute Gasteiger partial charge is 0.416 e. The van der Waals surface area contributed by atoms with Crippen molar-refractivity contribution in [1.29, 1.82) is 0 Å². The SMILES string of the molecule is O=Cc1ccc(Oc2ccc(C(F)(F)F)cc2[N+](=O)[O-])s1. The predicted octanol–water partition coefficient (Wildman–Crippen LogP) is 4.28. The fourth-order valence-corrected chi connectivity index (χ4v) is 2.17. The highest BCUT2D eigenvalue weighted by atomic mass is 32.1. The molecule has 0 fully saturated rings. The molecule has 0 saturated carbocycles. The van der Waals surface area contributed by atoms with Gasteiger partial charge in [-0.1, -0.05) is 11.3 Å². The summed E-state index contributed by atoms with van der Waals surface area (Å²) in [5, 5.41) is 11.0. The van der Waals surface area contributed by atoms with E-state index in [1.54, 1.807) is 0 Å². The van der Waals surface area contributed by atoms with Crippen LogP contribution in [0.1, 0.15) is 15.2 Å². The monoisotopic (exact) mass is 317 g/mol. The van der Waals surface area contributed by atoms with Crippen molar-refractivity contribution in [3.63, 3.8) is 0 Å². The third-order valence-electron chi connectivity index (χ3n) is 2.41. The first-order valence-electron chi connectivity index (χ1n) is 5.40. The van der Waals surface area contributed by atoms with Gasteiger partial charge in [-0.15, -0.1) is 0 Å². The molecule has 0 spiro atoms. The summed E-state index contributed by atoms with van der Waals surface area (Å²) in [6.45, 7) is 0. The van der Waals surface area contributed by atoms with Gasteiger partial charge in [-0.2, -0.15) is 13.2 Å². The van der Waals surface area contributed by atoms with Gasteiger partial charge in [0.15, 0.2) is 11.3 Å². The number of nitro groups is 1. The lowest BCUT2D eigenvalue weighted by atomic mass is 10.2. The molecule has 1 aromatic heterocycles. The van der Waals surface area contributed by atoms with Gasteiger partial charge in [0.25, 0.3) is 0 Å². The van der Waals surface area contributed by atoms with E-state index in [2.05, 4.69) is 0 Å². The summed E-state index contributed by atoms with van der Waals surface area (Å²) in [5.41, 5.74) is -1.94. The van der Waals surface area contributed by atoms with Crippen molar-refractivity contribution in [3.8, 4) is 10.8 Å². The molecular weight excluding hydrogens is 311 g/mol. The molecule has 0 aliphatic carbocycles. The molecule has 2 aromatic rings. The highest BCUT2D eigenvalue weighted by Crippen LogP contribution is 2.39. The number of carbonyl (C=O) groups excluding carboxylic acids is 1. The van der Waals surface area contributed by atoms with E-state index >= 15 is 0 Å². The average molecular weight is 317 g/mol. The summed E-state index contributed by atoms with van der Waals surface area (Å²) in [6, 6.07) is 4.81. The Morgan fingerprint density at radius 3 is 2.48 bits per heavy atom. The summed E-state index contributed by atoms with van der Waals surface area (Å²) < 4.78 is 42.8. The van der Waals surface area contributed by atoms with Gasteiger partial charge in [0.1, 0.15) is 0 Å². The maximum Gasteiger partial charge on any atom is 0.416 e. The topological polar surface area (TPSA) is 69.4 Å². The number of nitrogens with zero attached hydrogens (tertiary/aromatic N) is 1. The summed E-state index contributed by atoms with van der Waals surface area (Å²) in [4.78, 5) is 20.8. The van der Waals surface area contributed by atoms with Crippen LogP contribution in [-0.4, -0.2) is 11.2 Å². The van der Waals surface area contributed by atoms with Gasteiger partial charge in [0, 0.05) is 6.07 Å². The lowest BCUT2D eigenvalue weighted by Crippen LogP contribution is -2.06. The normalized spacial score (nSPS) is 11.2. The van der Waals surface area contributed by atoms with Crippen molar-refractivity contribution in [3.05, 3.63) is 50.9 Å². The van der Waals surface area contributed by atoms with Gasteiger partial charge in [-0.05, 0) is 24.3 Å². The molecule has 0 bridgehead atoms. The van der Waals surface area contributed by atoms with Gasteiger partial charge in [0.05, 0.1) is 15.4 Å². The molecule has 1 heterocycles. The number of aldehydes is 1. The number of hydrogen-bond acceptors (Lipinski definition) is 5. The number of thiophene rings is 1. The lowest BCUT2D eigenvalue weighted by Gasteiger charge is -2.08. The van der Waals surface area contributed by atoms with E-state index in [-0.39, 0.29) is 10.8 Å². The van der Waals surface area contributed by atoms with Crippen LogP contribution < -0.4 is 4.74 Å². The lowest BCUT2D eigenvalue weighted by molar-refractivity contribution is -0.385. The number of alkyl halides is 3. The maximum absolute atomic E-state index is 12.5. The first kappa shape index (κ1) is 15.0. The van der Waals surface area contributed by atoms with E-state index in [0.717, 1.165) is 17.4 Å². The maximum atomic E-state index is 12.5. The largest absolute Gasteiger partial charge is 0.439 e. The van der Waals surface area contributed by atoms with Crippen molar-refractivity contribution in [2.75, 3.05) is 0 Å². The summed E-state index contributed by atoms with van der Waals surface area (Å²) in [6.07, 6.45) is -4.12. The standard InChI is InChI=1S/C12H6F3NO4S/c13-12(14,15)7-1-3-10(9(5-7)16(18)19)20-11-4-2-8(6-17)21-11/h1-6H. The molecule has 0 unspecified atom stereocenters. The van der Waals surface area contributed by atoms with Crippen LogP contribution in [0.5, 0.6) is 10.8 Å². The molecule has 0 radical (unpaired) electrons. The molecular formula is C12H6F3NO4S. The zero-order valence-electron chi connectivity index (χ0n) is 10.1. The van der Waals surface area contributed by atoms with Gasteiger partial charge in [-0.3, -0.25) is 14.9 Å². The highest BCUT2D eigenvalue weighted by molar-refractivity contribution is 7.15. The molecule has 0 atom stereocenters. The fraction of sp³-hybridized carbons (Fsp3) is 0.0833. The highest BCUT2D eigenvalue weighted by Gasteiger charge is 2.33. The second-order valence-electron chi connectivity index (χ2n) is 3.81. The Morgan fingerprint density at radius 1 is 1.24 bits per heavy atom. The second-order valence-corrected chi connectivity index (χ2v) is 4.89. The minimum Gasteiger partial charge on any atom is -0.439 e. The number of ether oxygens (including phenoxy) is 1. The van der Waals surface area contributed by atoms with Crippen LogP contribution in [-0.2, 0) is 6.18 Å². The Hall–Kier alpha value is -2.42. The first-order valence-corrected chi connectivity index (χ1v) is 6.21. The molecule has 0 aliphatic rings. The van der Waals surface area contributed by atoms with Gasteiger partial charge < -0.3 is 4.74 Å². The number of carbonyl (C=O) groups is 1. The molecule has 0 amide bonds. The van der Waals surface area contributed by atoms with Gasteiger partial charge in [-0.25, -0.2) is 0 Å². The zero-order valence-corrected chi connectivity index (χ0v) is 10.9. The minimum absolute atomic E-state index is 0.167. The van der Waals surface area contributed by atoms with E-state index in [1.165, 1.54) is 12.1 Å². The summed E-state index contributed by atoms with van der Waals surface area (Å²) in [7, 11) is 0. The van der Waals surface area contributed by atoms with E-state index in [4.69, 9.17) is 4.74 Å². The van der Waals surface area contributed by atoms with Crippen LogP contribution in [0.2, 0.25) is 0 Å². The molecule has 0 N–H and O–H groups in total.